The standard InChI is InChI=1S/C14H18N4O2S/c1-8(2)16-14-18-12(15)11(21-14)13(19)17-9-5-4-6-10(7-9)20-3/h4-8H,15H2,1-3H3,(H,16,18)(H,17,19). The van der Waals surface area contributed by atoms with Gasteiger partial charge in [0.25, 0.3) is 5.91 Å². The molecule has 0 spiro atoms. The fourth-order valence-electron chi connectivity index (χ4n) is 1.69. The average Bonchev–Trinajstić information content (AvgIpc) is 2.79. The van der Waals surface area contributed by atoms with Gasteiger partial charge in [0.05, 0.1) is 7.11 Å². The molecule has 1 aromatic carbocycles. The second-order valence-electron chi connectivity index (χ2n) is 4.72. The zero-order valence-corrected chi connectivity index (χ0v) is 13.0. The molecule has 1 amide bonds. The van der Waals surface area contributed by atoms with Crippen molar-refractivity contribution in [2.24, 2.45) is 0 Å². The second kappa shape index (κ2) is 6.45. The van der Waals surface area contributed by atoms with Crippen LogP contribution in [0.5, 0.6) is 5.75 Å². The molecule has 0 unspecified atom stereocenters. The van der Waals surface area contributed by atoms with E-state index in [0.717, 1.165) is 0 Å². The summed E-state index contributed by atoms with van der Waals surface area (Å²) < 4.78 is 5.12. The number of aromatic nitrogens is 1. The topological polar surface area (TPSA) is 89.3 Å². The van der Waals surface area contributed by atoms with Crippen LogP contribution in [0.4, 0.5) is 16.6 Å². The van der Waals surface area contributed by atoms with E-state index in [1.165, 1.54) is 11.3 Å². The van der Waals surface area contributed by atoms with Crippen molar-refractivity contribution in [1.82, 2.24) is 4.98 Å². The van der Waals surface area contributed by atoms with Crippen molar-refractivity contribution < 1.29 is 9.53 Å². The Morgan fingerprint density at radius 2 is 2.19 bits per heavy atom. The van der Waals surface area contributed by atoms with Gasteiger partial charge in [-0.25, -0.2) is 4.98 Å². The van der Waals surface area contributed by atoms with Crippen molar-refractivity contribution in [2.75, 3.05) is 23.5 Å². The molecule has 0 fully saturated rings. The lowest BCUT2D eigenvalue weighted by Gasteiger charge is -2.06. The van der Waals surface area contributed by atoms with E-state index < -0.39 is 0 Å². The van der Waals surface area contributed by atoms with Crippen LogP contribution in [0.2, 0.25) is 0 Å². The minimum absolute atomic E-state index is 0.226. The van der Waals surface area contributed by atoms with E-state index in [2.05, 4.69) is 15.6 Å². The zero-order valence-electron chi connectivity index (χ0n) is 12.1. The van der Waals surface area contributed by atoms with Crippen molar-refractivity contribution in [3.05, 3.63) is 29.1 Å². The highest BCUT2D eigenvalue weighted by atomic mass is 32.1. The predicted octanol–water partition coefficient (Wildman–Crippen LogP) is 2.81. The second-order valence-corrected chi connectivity index (χ2v) is 5.72. The molecule has 0 aliphatic carbocycles. The Morgan fingerprint density at radius 1 is 1.43 bits per heavy atom. The summed E-state index contributed by atoms with van der Waals surface area (Å²) in [4.78, 5) is 16.8. The number of nitrogens with one attached hydrogen (secondary N) is 2. The van der Waals surface area contributed by atoms with Gasteiger partial charge in [0.1, 0.15) is 16.4 Å². The van der Waals surface area contributed by atoms with Crippen molar-refractivity contribution >= 4 is 33.9 Å². The maximum absolute atomic E-state index is 12.2. The quantitative estimate of drug-likeness (QED) is 0.790. The van der Waals surface area contributed by atoms with E-state index in [9.17, 15) is 4.79 Å². The molecule has 1 aromatic heterocycles. The van der Waals surface area contributed by atoms with E-state index in [1.807, 2.05) is 13.8 Å². The lowest BCUT2D eigenvalue weighted by molar-refractivity contribution is 0.103. The van der Waals surface area contributed by atoms with E-state index in [4.69, 9.17) is 10.5 Å². The summed E-state index contributed by atoms with van der Waals surface area (Å²) in [7, 11) is 1.58. The van der Waals surface area contributed by atoms with Crippen molar-refractivity contribution in [3.63, 3.8) is 0 Å². The summed E-state index contributed by atoms with van der Waals surface area (Å²) in [5.41, 5.74) is 6.45. The fourth-order valence-corrected chi connectivity index (χ4v) is 2.62. The number of anilines is 3. The number of hydrogen-bond acceptors (Lipinski definition) is 6. The maximum Gasteiger partial charge on any atom is 0.269 e. The normalized spacial score (nSPS) is 10.5. The fraction of sp³-hybridized carbons (Fsp3) is 0.286. The molecule has 0 atom stereocenters. The summed E-state index contributed by atoms with van der Waals surface area (Å²) in [6, 6.07) is 7.36. The van der Waals surface area contributed by atoms with Crippen LogP contribution < -0.4 is 21.1 Å². The van der Waals surface area contributed by atoms with Gasteiger partial charge in [0.2, 0.25) is 0 Å². The van der Waals surface area contributed by atoms with Gasteiger partial charge in [0.15, 0.2) is 5.13 Å². The first kappa shape index (κ1) is 15.1. The molecule has 4 N–H and O–H groups in total. The predicted molar refractivity (Wildman–Crippen MR) is 86.2 cm³/mol. The molecular formula is C14H18N4O2S. The van der Waals surface area contributed by atoms with Gasteiger partial charge in [-0.15, -0.1) is 0 Å². The van der Waals surface area contributed by atoms with Crippen molar-refractivity contribution in [1.29, 1.82) is 0 Å². The number of nitrogen functional groups attached to an aromatic ring is 1. The number of benzene rings is 1. The summed E-state index contributed by atoms with van der Waals surface area (Å²) in [5.74, 6) is 0.617. The van der Waals surface area contributed by atoms with E-state index in [-0.39, 0.29) is 17.8 Å². The average molecular weight is 306 g/mol. The van der Waals surface area contributed by atoms with Gasteiger partial charge in [-0.3, -0.25) is 4.79 Å². The highest BCUT2D eigenvalue weighted by Crippen LogP contribution is 2.27. The Balaban J connectivity index is 2.14. The van der Waals surface area contributed by atoms with Crippen LogP contribution in [0.3, 0.4) is 0 Å². The van der Waals surface area contributed by atoms with Gasteiger partial charge < -0.3 is 21.1 Å². The van der Waals surface area contributed by atoms with E-state index >= 15 is 0 Å². The minimum atomic E-state index is -0.282. The highest BCUT2D eigenvalue weighted by molar-refractivity contribution is 7.18. The van der Waals surface area contributed by atoms with Crippen LogP contribution in [0.15, 0.2) is 24.3 Å². The molecule has 0 bridgehead atoms. The maximum atomic E-state index is 12.2. The van der Waals surface area contributed by atoms with Crippen LogP contribution >= 0.6 is 11.3 Å². The van der Waals surface area contributed by atoms with Crippen LogP contribution in [0, 0.1) is 0 Å². The molecular weight excluding hydrogens is 288 g/mol. The molecule has 6 nitrogen and oxygen atoms in total. The molecule has 2 aromatic rings. The molecule has 7 heteroatoms. The number of amides is 1. The monoisotopic (exact) mass is 306 g/mol. The Labute approximate surface area is 127 Å². The van der Waals surface area contributed by atoms with E-state index in [0.29, 0.717) is 21.4 Å². The molecule has 0 saturated carbocycles. The molecule has 0 aliphatic heterocycles. The number of nitrogens with zero attached hydrogens (tertiary/aromatic N) is 1. The molecule has 21 heavy (non-hydrogen) atoms. The van der Waals surface area contributed by atoms with Gasteiger partial charge in [0, 0.05) is 17.8 Å². The molecule has 0 saturated heterocycles. The van der Waals surface area contributed by atoms with Gasteiger partial charge in [-0.1, -0.05) is 17.4 Å². The number of thiazole rings is 1. The Morgan fingerprint density at radius 3 is 2.86 bits per heavy atom. The Kier molecular flexibility index (Phi) is 4.64. The number of hydrogen-bond donors (Lipinski definition) is 3. The summed E-state index contributed by atoms with van der Waals surface area (Å²) in [6.07, 6.45) is 0. The first-order chi connectivity index (χ1) is 9.99. The van der Waals surface area contributed by atoms with E-state index in [1.54, 1.807) is 31.4 Å². The first-order valence-electron chi connectivity index (χ1n) is 6.48. The lowest BCUT2D eigenvalue weighted by atomic mass is 10.3. The lowest BCUT2D eigenvalue weighted by Crippen LogP contribution is -2.12. The van der Waals surface area contributed by atoms with Crippen molar-refractivity contribution in [2.45, 2.75) is 19.9 Å². The van der Waals surface area contributed by atoms with Gasteiger partial charge >= 0.3 is 0 Å². The highest BCUT2D eigenvalue weighted by Gasteiger charge is 2.16. The van der Waals surface area contributed by atoms with Crippen LogP contribution in [-0.2, 0) is 0 Å². The number of carbonyl (C=O) groups excluding carboxylic acids is 1. The smallest absolute Gasteiger partial charge is 0.269 e. The SMILES string of the molecule is COc1cccc(NC(=O)c2sc(NC(C)C)nc2N)c1. The minimum Gasteiger partial charge on any atom is -0.497 e. The number of carbonyl (C=O) groups is 1. The Bertz CT molecular complexity index is 640. The number of nitrogens with two attached hydrogens (primary N) is 1. The van der Waals surface area contributed by atoms with Crippen molar-refractivity contribution in [3.8, 4) is 5.75 Å². The number of methoxy groups -OCH3 is 1. The number of rotatable bonds is 5. The summed E-state index contributed by atoms with van der Waals surface area (Å²) in [6.45, 7) is 3.99. The molecule has 2 rings (SSSR count). The summed E-state index contributed by atoms with van der Waals surface area (Å²) >= 11 is 1.23. The van der Waals surface area contributed by atoms with Crippen LogP contribution in [-0.4, -0.2) is 24.0 Å². The molecule has 1 heterocycles. The molecule has 0 aliphatic rings. The largest absolute Gasteiger partial charge is 0.497 e. The first-order valence-corrected chi connectivity index (χ1v) is 7.29. The summed E-state index contributed by atoms with van der Waals surface area (Å²) in [5, 5.41) is 6.55. The zero-order chi connectivity index (χ0) is 15.4. The third kappa shape index (κ3) is 3.85. The third-order valence-electron chi connectivity index (χ3n) is 2.60. The Hall–Kier alpha value is -2.28. The molecule has 0 radical (unpaired) electrons. The van der Waals surface area contributed by atoms with Crippen LogP contribution in [0.1, 0.15) is 23.5 Å². The molecule has 112 valence electrons. The third-order valence-corrected chi connectivity index (χ3v) is 3.60. The van der Waals surface area contributed by atoms with Gasteiger partial charge in [-0.05, 0) is 26.0 Å². The number of ether oxygens (including phenoxy) is 1. The van der Waals surface area contributed by atoms with Crippen LogP contribution in [0.25, 0.3) is 0 Å². The van der Waals surface area contributed by atoms with Gasteiger partial charge in [-0.2, -0.15) is 0 Å².